The standard InChI is InChI=1S/C16H24O4/c1-10-7-8-15(2)11(14(19)20)5-4-6-12(15)16(10,3)9-13(17)18/h5,10,12H,4,6-9H2,1-3H3,(H,17,18)(H,19,20)/t10-,12-,15+,16+/m1/s1. The predicted octanol–water partition coefficient (Wildman–Crippen LogP) is 3.32. The SMILES string of the molecule is C[C@@H]1CC[C@@]2(C)C(C(=O)O)=CCC[C@H]2[C@@]1(C)CC(=O)O. The molecule has 20 heavy (non-hydrogen) atoms. The number of aliphatic carboxylic acids is 2. The van der Waals surface area contributed by atoms with Gasteiger partial charge in [0.2, 0.25) is 0 Å². The molecule has 4 atom stereocenters. The summed E-state index contributed by atoms with van der Waals surface area (Å²) >= 11 is 0. The summed E-state index contributed by atoms with van der Waals surface area (Å²) in [6, 6.07) is 0. The lowest BCUT2D eigenvalue weighted by Gasteiger charge is -2.57. The quantitative estimate of drug-likeness (QED) is 0.831. The highest BCUT2D eigenvalue weighted by Crippen LogP contribution is 2.61. The van der Waals surface area contributed by atoms with Crippen molar-refractivity contribution >= 4 is 11.9 Å². The Morgan fingerprint density at radius 2 is 1.95 bits per heavy atom. The topological polar surface area (TPSA) is 74.6 Å². The summed E-state index contributed by atoms with van der Waals surface area (Å²) in [5, 5.41) is 18.7. The summed E-state index contributed by atoms with van der Waals surface area (Å²) in [5.74, 6) is -1.18. The van der Waals surface area contributed by atoms with Crippen molar-refractivity contribution in [1.29, 1.82) is 0 Å². The Morgan fingerprint density at radius 1 is 1.30 bits per heavy atom. The molecule has 4 heteroatoms. The van der Waals surface area contributed by atoms with Crippen LogP contribution in [0.4, 0.5) is 0 Å². The number of rotatable bonds is 3. The molecule has 0 amide bonds. The Labute approximate surface area is 119 Å². The molecule has 0 spiro atoms. The van der Waals surface area contributed by atoms with Crippen molar-refractivity contribution in [2.75, 3.05) is 0 Å². The highest BCUT2D eigenvalue weighted by atomic mass is 16.4. The molecule has 2 aliphatic carbocycles. The number of carbonyl (C=O) groups is 2. The van der Waals surface area contributed by atoms with Crippen molar-refractivity contribution < 1.29 is 19.8 Å². The van der Waals surface area contributed by atoms with Gasteiger partial charge in [-0.15, -0.1) is 0 Å². The average Bonchev–Trinajstić information content (AvgIpc) is 2.33. The van der Waals surface area contributed by atoms with Gasteiger partial charge in [0.15, 0.2) is 0 Å². The van der Waals surface area contributed by atoms with E-state index in [-0.39, 0.29) is 23.2 Å². The summed E-state index contributed by atoms with van der Waals surface area (Å²) in [6.45, 7) is 6.17. The van der Waals surface area contributed by atoms with Gasteiger partial charge in [-0.2, -0.15) is 0 Å². The molecule has 0 heterocycles. The second-order valence-corrected chi connectivity index (χ2v) is 6.99. The zero-order chi connectivity index (χ0) is 15.1. The lowest BCUT2D eigenvalue weighted by molar-refractivity contribution is -0.146. The molecule has 2 rings (SSSR count). The fourth-order valence-electron chi connectivity index (χ4n) is 4.64. The molecule has 0 unspecified atom stereocenters. The Kier molecular flexibility index (Phi) is 3.69. The van der Waals surface area contributed by atoms with E-state index in [2.05, 4.69) is 6.92 Å². The molecule has 112 valence electrons. The number of carboxylic acid groups (broad SMARTS) is 2. The fourth-order valence-corrected chi connectivity index (χ4v) is 4.64. The predicted molar refractivity (Wildman–Crippen MR) is 75.3 cm³/mol. The minimum atomic E-state index is -0.843. The first-order valence-electron chi connectivity index (χ1n) is 7.37. The van der Waals surface area contributed by atoms with Crippen molar-refractivity contribution in [3.8, 4) is 0 Å². The van der Waals surface area contributed by atoms with E-state index in [4.69, 9.17) is 0 Å². The van der Waals surface area contributed by atoms with Gasteiger partial charge in [-0.25, -0.2) is 4.79 Å². The molecule has 0 aliphatic heterocycles. The number of hydrogen-bond donors (Lipinski definition) is 2. The van der Waals surface area contributed by atoms with E-state index in [0.29, 0.717) is 11.5 Å². The fraction of sp³-hybridized carbons (Fsp3) is 0.750. The molecule has 1 saturated carbocycles. The van der Waals surface area contributed by atoms with Crippen LogP contribution < -0.4 is 0 Å². The zero-order valence-corrected chi connectivity index (χ0v) is 12.5. The van der Waals surface area contributed by atoms with Gasteiger partial charge in [0.25, 0.3) is 0 Å². The lowest BCUT2D eigenvalue weighted by atomic mass is 9.47. The normalized spacial score (nSPS) is 40.6. The third-order valence-corrected chi connectivity index (χ3v) is 5.97. The molecular weight excluding hydrogens is 256 g/mol. The van der Waals surface area contributed by atoms with Gasteiger partial charge in [-0.1, -0.05) is 26.8 Å². The van der Waals surface area contributed by atoms with E-state index in [1.165, 1.54) is 0 Å². The largest absolute Gasteiger partial charge is 0.481 e. The van der Waals surface area contributed by atoms with Crippen LogP contribution in [0, 0.1) is 22.7 Å². The Morgan fingerprint density at radius 3 is 2.50 bits per heavy atom. The Hall–Kier alpha value is -1.32. The van der Waals surface area contributed by atoms with Crippen LogP contribution in [0.3, 0.4) is 0 Å². The van der Waals surface area contributed by atoms with Crippen LogP contribution in [-0.2, 0) is 9.59 Å². The maximum Gasteiger partial charge on any atom is 0.331 e. The number of fused-ring (bicyclic) bond motifs is 1. The van der Waals surface area contributed by atoms with E-state index in [1.54, 1.807) is 0 Å². The van der Waals surface area contributed by atoms with Gasteiger partial charge in [0.05, 0.1) is 6.42 Å². The van der Waals surface area contributed by atoms with Gasteiger partial charge < -0.3 is 10.2 Å². The average molecular weight is 280 g/mol. The molecule has 4 nitrogen and oxygen atoms in total. The van der Waals surface area contributed by atoms with Crippen LogP contribution in [0.15, 0.2) is 11.6 Å². The molecule has 0 aromatic heterocycles. The van der Waals surface area contributed by atoms with E-state index >= 15 is 0 Å². The number of hydrogen-bond acceptors (Lipinski definition) is 2. The van der Waals surface area contributed by atoms with Crippen molar-refractivity contribution in [2.45, 2.75) is 52.9 Å². The molecule has 2 N–H and O–H groups in total. The van der Waals surface area contributed by atoms with Crippen molar-refractivity contribution in [2.24, 2.45) is 22.7 Å². The van der Waals surface area contributed by atoms with Crippen molar-refractivity contribution in [1.82, 2.24) is 0 Å². The lowest BCUT2D eigenvalue weighted by Crippen LogP contribution is -2.51. The third kappa shape index (κ3) is 2.15. The monoisotopic (exact) mass is 280 g/mol. The summed E-state index contributed by atoms with van der Waals surface area (Å²) < 4.78 is 0. The molecule has 0 radical (unpaired) electrons. The van der Waals surface area contributed by atoms with Crippen molar-refractivity contribution in [3.63, 3.8) is 0 Å². The minimum absolute atomic E-state index is 0.126. The van der Waals surface area contributed by atoms with E-state index in [9.17, 15) is 19.8 Å². The summed E-state index contributed by atoms with van der Waals surface area (Å²) in [4.78, 5) is 22.8. The third-order valence-electron chi connectivity index (χ3n) is 5.97. The second kappa shape index (κ2) is 4.90. The van der Waals surface area contributed by atoms with Crippen LogP contribution in [0.2, 0.25) is 0 Å². The smallest absolute Gasteiger partial charge is 0.331 e. The first-order chi connectivity index (χ1) is 9.21. The summed E-state index contributed by atoms with van der Waals surface area (Å²) in [6.07, 6.45) is 5.33. The van der Waals surface area contributed by atoms with Crippen LogP contribution in [0.1, 0.15) is 52.9 Å². The molecule has 1 fully saturated rings. The van der Waals surface area contributed by atoms with Crippen LogP contribution in [0.25, 0.3) is 0 Å². The molecular formula is C16H24O4. The van der Waals surface area contributed by atoms with Gasteiger partial charge in [-0.3, -0.25) is 4.79 Å². The highest BCUT2D eigenvalue weighted by Gasteiger charge is 2.55. The van der Waals surface area contributed by atoms with Crippen molar-refractivity contribution in [3.05, 3.63) is 11.6 Å². The van der Waals surface area contributed by atoms with E-state index < -0.39 is 11.9 Å². The van der Waals surface area contributed by atoms with E-state index in [1.807, 2.05) is 19.9 Å². The maximum absolute atomic E-state index is 11.5. The first-order valence-corrected chi connectivity index (χ1v) is 7.37. The van der Waals surface area contributed by atoms with Gasteiger partial charge >= 0.3 is 11.9 Å². The molecule has 0 bridgehead atoms. The summed E-state index contributed by atoms with van der Waals surface area (Å²) in [5.41, 5.74) is -0.216. The molecule has 0 aromatic rings. The van der Waals surface area contributed by atoms with Gasteiger partial charge in [0, 0.05) is 11.0 Å². The number of allylic oxidation sites excluding steroid dienone is 1. The minimum Gasteiger partial charge on any atom is -0.481 e. The second-order valence-electron chi connectivity index (χ2n) is 6.99. The van der Waals surface area contributed by atoms with E-state index in [0.717, 1.165) is 25.7 Å². The van der Waals surface area contributed by atoms with Crippen LogP contribution in [-0.4, -0.2) is 22.2 Å². The Bertz CT molecular complexity index is 467. The number of carboxylic acids is 2. The van der Waals surface area contributed by atoms with Gasteiger partial charge in [0.1, 0.15) is 0 Å². The van der Waals surface area contributed by atoms with Crippen LogP contribution >= 0.6 is 0 Å². The zero-order valence-electron chi connectivity index (χ0n) is 12.5. The molecule has 0 saturated heterocycles. The first kappa shape index (κ1) is 15.1. The molecule has 0 aromatic carbocycles. The highest BCUT2D eigenvalue weighted by molar-refractivity contribution is 5.88. The Balaban J connectivity index is 2.45. The maximum atomic E-state index is 11.5. The van der Waals surface area contributed by atoms with Gasteiger partial charge in [-0.05, 0) is 42.9 Å². The summed E-state index contributed by atoms with van der Waals surface area (Å²) in [7, 11) is 0. The van der Waals surface area contributed by atoms with Crippen LogP contribution in [0.5, 0.6) is 0 Å². The molecule has 2 aliphatic rings.